The van der Waals surface area contributed by atoms with Crippen molar-refractivity contribution in [1.29, 1.82) is 0 Å². The Labute approximate surface area is 138 Å². The average Bonchev–Trinajstić information content (AvgIpc) is 3.17. The molecule has 0 aromatic heterocycles. The molecule has 0 aliphatic heterocycles. The summed E-state index contributed by atoms with van der Waals surface area (Å²) in [6, 6.07) is 14.2. The summed E-state index contributed by atoms with van der Waals surface area (Å²) in [5, 5.41) is 8.64. The second-order valence-electron chi connectivity index (χ2n) is 5.55. The standard InChI is InChI=1S/C16H14ClNO4S/c17-11-6-4-5-10(9-11)13-14(16(13,18)15(19)20)23(21,22)12-7-2-1-3-8-12/h1-9,13-14H,18H2,(H,19,20)/t13-,14+,16-/m1/s1. The van der Waals surface area contributed by atoms with Gasteiger partial charge in [0.15, 0.2) is 9.84 Å². The molecule has 7 heteroatoms. The van der Waals surface area contributed by atoms with E-state index in [2.05, 4.69) is 0 Å². The van der Waals surface area contributed by atoms with Gasteiger partial charge >= 0.3 is 5.97 Å². The monoisotopic (exact) mass is 351 g/mol. The fraction of sp³-hybridized carbons (Fsp3) is 0.188. The number of carboxylic acids is 1. The van der Waals surface area contributed by atoms with Crippen LogP contribution in [0.1, 0.15) is 11.5 Å². The molecule has 3 atom stereocenters. The van der Waals surface area contributed by atoms with Crippen LogP contribution in [0.5, 0.6) is 0 Å². The van der Waals surface area contributed by atoms with Gasteiger partial charge in [-0.2, -0.15) is 0 Å². The number of halogens is 1. The summed E-state index contributed by atoms with van der Waals surface area (Å²) in [6.07, 6.45) is 0. The lowest BCUT2D eigenvalue weighted by molar-refractivity contribution is -0.139. The third-order valence-corrected chi connectivity index (χ3v) is 6.66. The van der Waals surface area contributed by atoms with Gasteiger partial charge in [-0.05, 0) is 29.8 Å². The molecule has 1 saturated carbocycles. The Morgan fingerprint density at radius 2 is 1.78 bits per heavy atom. The van der Waals surface area contributed by atoms with Crippen LogP contribution in [0.15, 0.2) is 59.5 Å². The van der Waals surface area contributed by atoms with Crippen molar-refractivity contribution in [2.45, 2.75) is 21.6 Å². The highest BCUT2D eigenvalue weighted by molar-refractivity contribution is 7.92. The highest BCUT2D eigenvalue weighted by Crippen LogP contribution is 2.56. The highest BCUT2D eigenvalue weighted by atomic mass is 35.5. The van der Waals surface area contributed by atoms with Gasteiger partial charge in [0, 0.05) is 10.9 Å². The van der Waals surface area contributed by atoms with E-state index in [4.69, 9.17) is 17.3 Å². The number of carboxylic acid groups (broad SMARTS) is 1. The summed E-state index contributed by atoms with van der Waals surface area (Å²) in [5.74, 6) is -2.18. The fourth-order valence-corrected chi connectivity index (χ4v) is 5.42. The van der Waals surface area contributed by atoms with E-state index in [9.17, 15) is 18.3 Å². The summed E-state index contributed by atoms with van der Waals surface area (Å²) in [6.45, 7) is 0. The van der Waals surface area contributed by atoms with Crippen LogP contribution in [0.3, 0.4) is 0 Å². The normalized spacial score (nSPS) is 26.7. The molecule has 120 valence electrons. The number of hydrogen-bond donors (Lipinski definition) is 2. The zero-order chi connectivity index (χ0) is 16.8. The first kappa shape index (κ1) is 16.0. The van der Waals surface area contributed by atoms with Gasteiger partial charge in [-0.25, -0.2) is 8.42 Å². The maximum atomic E-state index is 12.8. The second-order valence-corrected chi connectivity index (χ2v) is 8.06. The first-order valence-corrected chi connectivity index (χ1v) is 8.78. The van der Waals surface area contributed by atoms with Gasteiger partial charge in [0.2, 0.25) is 0 Å². The molecular formula is C16H14ClNO4S. The Hall–Kier alpha value is -1.89. The molecule has 2 aromatic rings. The van der Waals surface area contributed by atoms with Crippen LogP contribution in [0.4, 0.5) is 0 Å². The molecule has 1 aliphatic carbocycles. The summed E-state index contributed by atoms with van der Waals surface area (Å²) < 4.78 is 25.6. The van der Waals surface area contributed by atoms with Crippen molar-refractivity contribution < 1.29 is 18.3 Å². The van der Waals surface area contributed by atoms with Gasteiger partial charge in [-0.15, -0.1) is 0 Å². The molecule has 3 N–H and O–H groups in total. The number of hydrogen-bond acceptors (Lipinski definition) is 4. The van der Waals surface area contributed by atoms with Crippen LogP contribution in [0, 0.1) is 0 Å². The van der Waals surface area contributed by atoms with Gasteiger partial charge in [0.05, 0.1) is 4.90 Å². The average molecular weight is 352 g/mol. The van der Waals surface area contributed by atoms with E-state index in [0.29, 0.717) is 10.6 Å². The Morgan fingerprint density at radius 3 is 2.35 bits per heavy atom. The van der Waals surface area contributed by atoms with Gasteiger partial charge in [0.1, 0.15) is 10.8 Å². The number of rotatable bonds is 4. The molecule has 0 saturated heterocycles. The number of carbonyl (C=O) groups is 1. The predicted molar refractivity (Wildman–Crippen MR) is 86.2 cm³/mol. The lowest BCUT2D eigenvalue weighted by Gasteiger charge is -2.06. The van der Waals surface area contributed by atoms with E-state index >= 15 is 0 Å². The predicted octanol–water partition coefficient (Wildman–Crippen LogP) is 2.06. The molecule has 3 rings (SSSR count). The molecule has 0 radical (unpaired) electrons. The fourth-order valence-electron chi connectivity index (χ4n) is 2.97. The van der Waals surface area contributed by atoms with E-state index in [1.54, 1.807) is 42.5 Å². The Balaban J connectivity index is 2.09. The van der Waals surface area contributed by atoms with Crippen LogP contribution in [-0.4, -0.2) is 30.3 Å². The quantitative estimate of drug-likeness (QED) is 0.878. The highest BCUT2D eigenvalue weighted by Gasteiger charge is 2.74. The van der Waals surface area contributed by atoms with Crippen LogP contribution in [0.25, 0.3) is 0 Å². The zero-order valence-electron chi connectivity index (χ0n) is 11.9. The van der Waals surface area contributed by atoms with E-state index < -0.39 is 32.5 Å². The lowest BCUT2D eigenvalue weighted by Crippen LogP contribution is -2.39. The van der Waals surface area contributed by atoms with Gasteiger partial charge in [-0.1, -0.05) is 41.9 Å². The summed E-state index contributed by atoms with van der Waals surface area (Å²) in [4.78, 5) is 11.7. The van der Waals surface area contributed by atoms with Crippen molar-refractivity contribution in [3.63, 3.8) is 0 Å². The van der Waals surface area contributed by atoms with Crippen molar-refractivity contribution in [3.8, 4) is 0 Å². The Bertz CT molecular complexity index is 869. The molecule has 0 bridgehead atoms. The SMILES string of the molecule is N[C@]1(C(=O)O)[C@H](c2cccc(Cl)c2)[C@@H]1S(=O)(=O)c1ccccc1. The molecule has 0 spiro atoms. The molecular weight excluding hydrogens is 338 g/mol. The van der Waals surface area contributed by atoms with Gasteiger partial charge in [-0.3, -0.25) is 4.79 Å². The van der Waals surface area contributed by atoms with Crippen LogP contribution in [-0.2, 0) is 14.6 Å². The number of nitrogens with two attached hydrogens (primary N) is 1. The third kappa shape index (κ3) is 2.43. The molecule has 23 heavy (non-hydrogen) atoms. The smallest absolute Gasteiger partial charge is 0.325 e. The van der Waals surface area contributed by atoms with Crippen molar-refractivity contribution in [2.75, 3.05) is 0 Å². The van der Waals surface area contributed by atoms with Crippen molar-refractivity contribution in [3.05, 3.63) is 65.2 Å². The molecule has 2 aromatic carbocycles. The van der Waals surface area contributed by atoms with Gasteiger partial charge < -0.3 is 10.8 Å². The molecule has 0 unspecified atom stereocenters. The minimum Gasteiger partial charge on any atom is -0.480 e. The van der Waals surface area contributed by atoms with E-state index in [-0.39, 0.29) is 4.90 Å². The molecule has 0 amide bonds. The minimum atomic E-state index is -3.88. The summed E-state index contributed by atoms with van der Waals surface area (Å²) in [7, 11) is -3.88. The van der Waals surface area contributed by atoms with Crippen molar-refractivity contribution in [2.24, 2.45) is 5.73 Å². The Morgan fingerprint density at radius 1 is 1.13 bits per heavy atom. The maximum Gasteiger partial charge on any atom is 0.325 e. The lowest BCUT2D eigenvalue weighted by atomic mass is 10.1. The van der Waals surface area contributed by atoms with Crippen LogP contribution < -0.4 is 5.73 Å². The number of aliphatic carboxylic acids is 1. The second kappa shape index (κ2) is 5.33. The first-order valence-electron chi connectivity index (χ1n) is 6.86. The van der Waals surface area contributed by atoms with Crippen molar-refractivity contribution >= 4 is 27.4 Å². The van der Waals surface area contributed by atoms with Crippen LogP contribution >= 0.6 is 11.6 Å². The summed E-state index contributed by atoms with van der Waals surface area (Å²) >= 11 is 5.93. The molecule has 5 nitrogen and oxygen atoms in total. The van der Waals surface area contributed by atoms with Crippen LogP contribution in [0.2, 0.25) is 5.02 Å². The van der Waals surface area contributed by atoms with E-state index in [1.165, 1.54) is 12.1 Å². The zero-order valence-corrected chi connectivity index (χ0v) is 13.5. The number of benzene rings is 2. The van der Waals surface area contributed by atoms with Gasteiger partial charge in [0.25, 0.3) is 0 Å². The maximum absolute atomic E-state index is 12.8. The summed E-state index contributed by atoms with van der Waals surface area (Å²) in [5.41, 5.74) is 4.61. The van der Waals surface area contributed by atoms with E-state index in [0.717, 1.165) is 0 Å². The minimum absolute atomic E-state index is 0.0607. The van der Waals surface area contributed by atoms with E-state index in [1.807, 2.05) is 0 Å². The molecule has 0 heterocycles. The largest absolute Gasteiger partial charge is 0.480 e. The van der Waals surface area contributed by atoms with Crippen molar-refractivity contribution in [1.82, 2.24) is 0 Å². The number of sulfone groups is 1. The first-order chi connectivity index (χ1) is 10.8. The molecule has 1 fully saturated rings. The third-order valence-electron chi connectivity index (χ3n) is 4.16. The molecule has 1 aliphatic rings. The Kier molecular flexibility index (Phi) is 3.71. The topological polar surface area (TPSA) is 97.5 Å².